The standard InChI is InChI=1S/C36H54N6O3SSi/c1-36(2,3)45-35(43)39-29-16-14-28(15-17-29)38-32-13-8-7-12-31-33(41-42(34(31)40-32)25-44-19-21-47(4,5)6)27-10-9-11-30(22-27)37-23-26-18-20-46-24-26/h9-13,18,20,22,24,28-29,33,37-38,41H,7-8,14-17,19,21,23,25H2,1-6H3,(H,39,43). The highest BCUT2D eigenvalue weighted by molar-refractivity contribution is 7.07. The van der Waals surface area contributed by atoms with Crippen LogP contribution in [0.2, 0.25) is 25.7 Å². The molecular weight excluding hydrogens is 625 g/mol. The highest BCUT2D eigenvalue weighted by Crippen LogP contribution is 2.34. The molecule has 0 bridgehead atoms. The van der Waals surface area contributed by atoms with Crippen molar-refractivity contribution in [3.8, 4) is 0 Å². The fraction of sp³-hybridized carbons (Fsp3) is 0.556. The van der Waals surface area contributed by atoms with Crippen LogP contribution in [0, 0.1) is 0 Å². The third-order valence-electron chi connectivity index (χ3n) is 8.52. The number of anilines is 1. The maximum absolute atomic E-state index is 12.3. The lowest BCUT2D eigenvalue weighted by atomic mass is 9.91. The van der Waals surface area contributed by atoms with Crippen molar-refractivity contribution in [2.75, 3.05) is 18.7 Å². The van der Waals surface area contributed by atoms with E-state index in [0.29, 0.717) is 12.8 Å². The second kappa shape index (κ2) is 15.8. The largest absolute Gasteiger partial charge is 0.444 e. The van der Waals surface area contributed by atoms with Gasteiger partial charge in [0.1, 0.15) is 18.2 Å². The molecule has 1 aromatic carbocycles. The third-order valence-corrected chi connectivity index (χ3v) is 11.0. The number of hydrazine groups is 1. The van der Waals surface area contributed by atoms with E-state index in [1.165, 1.54) is 16.7 Å². The monoisotopic (exact) mass is 678 g/mol. The first-order valence-electron chi connectivity index (χ1n) is 17.1. The Morgan fingerprint density at radius 1 is 1.09 bits per heavy atom. The van der Waals surface area contributed by atoms with Crippen LogP contribution >= 0.6 is 11.3 Å². The Bertz CT molecular complexity index is 1420. The van der Waals surface area contributed by atoms with E-state index in [1.807, 2.05) is 20.8 Å². The summed E-state index contributed by atoms with van der Waals surface area (Å²) in [6, 6.07) is 12.4. The SMILES string of the molecule is CC(C)(C)OC(=O)NC1CCC(NC2=CCCC=C3C(=N2)N(COCC[Si](C)(C)C)NC3c2cccc(NCc3ccsc3)c2)CC1. The van der Waals surface area contributed by atoms with Crippen LogP contribution in [0.15, 0.2) is 69.6 Å². The molecule has 1 aromatic heterocycles. The first-order chi connectivity index (χ1) is 22.4. The van der Waals surface area contributed by atoms with E-state index in [0.717, 1.165) is 75.1 Å². The summed E-state index contributed by atoms with van der Waals surface area (Å²) in [5.41, 5.74) is 8.03. The molecule has 1 atom stereocenters. The lowest BCUT2D eigenvalue weighted by molar-refractivity contribution is 0.0489. The molecule has 9 nitrogen and oxygen atoms in total. The number of rotatable bonds is 12. The molecule has 2 aromatic rings. The first-order valence-corrected chi connectivity index (χ1v) is 21.8. The number of nitrogens with one attached hydrogen (secondary N) is 4. The van der Waals surface area contributed by atoms with Crippen LogP contribution in [0.3, 0.4) is 0 Å². The van der Waals surface area contributed by atoms with Crippen molar-refractivity contribution in [2.24, 2.45) is 4.99 Å². The van der Waals surface area contributed by atoms with Crippen molar-refractivity contribution in [1.29, 1.82) is 0 Å². The van der Waals surface area contributed by atoms with E-state index in [1.54, 1.807) is 11.3 Å². The minimum Gasteiger partial charge on any atom is -0.444 e. The minimum absolute atomic E-state index is 0.0223. The summed E-state index contributed by atoms with van der Waals surface area (Å²) in [5, 5.41) is 16.8. The van der Waals surface area contributed by atoms with Gasteiger partial charge < -0.3 is 25.4 Å². The van der Waals surface area contributed by atoms with Crippen molar-refractivity contribution in [3.63, 3.8) is 0 Å². The number of ether oxygens (including phenoxy) is 2. The van der Waals surface area contributed by atoms with Gasteiger partial charge in [-0.1, -0.05) is 37.8 Å². The number of hydrogen-bond donors (Lipinski definition) is 4. The molecule has 1 saturated heterocycles. The molecule has 1 saturated carbocycles. The van der Waals surface area contributed by atoms with Crippen molar-refractivity contribution in [2.45, 2.75) is 115 Å². The number of allylic oxidation sites excluding steroid dienone is 2. The highest BCUT2D eigenvalue weighted by atomic mass is 32.1. The van der Waals surface area contributed by atoms with Gasteiger partial charge in [-0.2, -0.15) is 11.3 Å². The Morgan fingerprint density at radius 3 is 2.57 bits per heavy atom. The Labute approximate surface area is 286 Å². The van der Waals surface area contributed by atoms with E-state index in [-0.39, 0.29) is 18.2 Å². The number of carbonyl (C=O) groups excluding carboxylic acids is 1. The minimum atomic E-state index is -1.21. The van der Waals surface area contributed by atoms with E-state index in [9.17, 15) is 4.79 Å². The molecule has 1 amide bonds. The van der Waals surface area contributed by atoms with Crippen molar-refractivity contribution in [1.82, 2.24) is 21.1 Å². The Kier molecular flexibility index (Phi) is 11.9. The molecule has 3 aliphatic rings. The average Bonchev–Trinajstić information content (AvgIpc) is 3.63. The van der Waals surface area contributed by atoms with Crippen LogP contribution < -0.4 is 21.4 Å². The zero-order valence-electron chi connectivity index (χ0n) is 29.0. The molecular formula is C36H54N6O3SSi. The molecule has 0 spiro atoms. The number of amides is 1. The Morgan fingerprint density at radius 2 is 1.85 bits per heavy atom. The van der Waals surface area contributed by atoms with Crippen LogP contribution in [0.5, 0.6) is 0 Å². The fourth-order valence-electron chi connectivity index (χ4n) is 5.99. The number of thiophene rings is 1. The third kappa shape index (κ3) is 11.0. The summed E-state index contributed by atoms with van der Waals surface area (Å²) in [7, 11) is -1.21. The lowest BCUT2D eigenvalue weighted by Gasteiger charge is -2.31. The second-order valence-corrected chi connectivity index (χ2v) is 21.5. The topological polar surface area (TPSA) is 99.2 Å². The van der Waals surface area contributed by atoms with Gasteiger partial charge in [0.25, 0.3) is 0 Å². The van der Waals surface area contributed by atoms with Crippen LogP contribution in [0.4, 0.5) is 10.5 Å². The maximum atomic E-state index is 12.3. The number of benzene rings is 1. The van der Waals surface area contributed by atoms with Gasteiger partial charge in [0.2, 0.25) is 0 Å². The van der Waals surface area contributed by atoms with E-state index < -0.39 is 13.7 Å². The van der Waals surface area contributed by atoms with Crippen molar-refractivity contribution < 1.29 is 14.3 Å². The Balaban J connectivity index is 1.28. The molecule has 1 unspecified atom stereocenters. The lowest BCUT2D eigenvalue weighted by Crippen LogP contribution is -2.44. The van der Waals surface area contributed by atoms with Crippen molar-refractivity contribution >= 4 is 37.0 Å². The Hall–Kier alpha value is -3.12. The highest BCUT2D eigenvalue weighted by Gasteiger charge is 2.35. The molecule has 2 aliphatic heterocycles. The molecule has 47 heavy (non-hydrogen) atoms. The summed E-state index contributed by atoms with van der Waals surface area (Å²) in [6.07, 6.45) is 9.81. The molecule has 11 heteroatoms. The number of fused-ring (bicyclic) bond motifs is 1. The van der Waals surface area contributed by atoms with Gasteiger partial charge in [-0.15, -0.1) is 0 Å². The summed E-state index contributed by atoms with van der Waals surface area (Å²) < 4.78 is 11.7. The van der Waals surface area contributed by atoms with Gasteiger partial charge in [0, 0.05) is 44.6 Å². The van der Waals surface area contributed by atoms with E-state index >= 15 is 0 Å². The number of aliphatic imine (C=N–C) groups is 1. The molecule has 5 rings (SSSR count). The van der Waals surface area contributed by atoms with Gasteiger partial charge in [-0.25, -0.2) is 15.2 Å². The van der Waals surface area contributed by atoms with E-state index in [4.69, 9.17) is 14.5 Å². The zero-order valence-corrected chi connectivity index (χ0v) is 30.8. The van der Waals surface area contributed by atoms with Gasteiger partial charge >= 0.3 is 6.09 Å². The summed E-state index contributed by atoms with van der Waals surface area (Å²) in [6.45, 7) is 14.8. The first kappa shape index (κ1) is 35.2. The van der Waals surface area contributed by atoms with Crippen LogP contribution in [0.1, 0.15) is 76.5 Å². The number of hydrogen-bond acceptors (Lipinski definition) is 9. The van der Waals surface area contributed by atoms with Crippen LogP contribution in [0.25, 0.3) is 0 Å². The van der Waals surface area contributed by atoms with Crippen molar-refractivity contribution in [3.05, 3.63) is 75.8 Å². The molecule has 1 aliphatic carbocycles. The van der Waals surface area contributed by atoms with Gasteiger partial charge in [-0.3, -0.25) is 5.01 Å². The predicted molar refractivity (Wildman–Crippen MR) is 196 cm³/mol. The van der Waals surface area contributed by atoms with Gasteiger partial charge in [-0.05, 0) is 112 Å². The molecule has 3 heterocycles. The van der Waals surface area contributed by atoms with Crippen LogP contribution in [-0.4, -0.2) is 56.0 Å². The normalized spacial score (nSPS) is 21.9. The fourth-order valence-corrected chi connectivity index (χ4v) is 7.42. The maximum Gasteiger partial charge on any atom is 0.407 e. The quantitative estimate of drug-likeness (QED) is 0.134. The molecule has 4 N–H and O–H groups in total. The zero-order chi connectivity index (χ0) is 33.4. The van der Waals surface area contributed by atoms with E-state index in [2.05, 4.69) is 99.3 Å². The number of nitrogens with zero attached hydrogens (tertiary/aromatic N) is 2. The molecule has 0 radical (unpaired) electrons. The summed E-state index contributed by atoms with van der Waals surface area (Å²) in [5.74, 6) is 1.83. The van der Waals surface area contributed by atoms with Gasteiger partial charge in [0.15, 0.2) is 5.84 Å². The second-order valence-electron chi connectivity index (χ2n) is 15.0. The molecule has 256 valence electrons. The summed E-state index contributed by atoms with van der Waals surface area (Å²) >= 11 is 1.72. The number of amidine groups is 1. The average molecular weight is 679 g/mol. The van der Waals surface area contributed by atoms with Gasteiger partial charge in [0.05, 0.1) is 6.04 Å². The smallest absolute Gasteiger partial charge is 0.407 e. The predicted octanol–water partition coefficient (Wildman–Crippen LogP) is 7.92. The number of carbonyl (C=O) groups is 1. The van der Waals surface area contributed by atoms with Crippen LogP contribution in [-0.2, 0) is 16.0 Å². The molecule has 2 fully saturated rings. The summed E-state index contributed by atoms with van der Waals surface area (Å²) in [4.78, 5) is 17.6. The number of alkyl carbamates (subject to hydrolysis) is 1.